The fraction of sp³-hybridized carbons (Fsp3) is 0.871. The highest BCUT2D eigenvalue weighted by atomic mass is 32.2. The summed E-state index contributed by atoms with van der Waals surface area (Å²) in [6.45, 7) is 5.91. The summed E-state index contributed by atoms with van der Waals surface area (Å²) in [6.07, 6.45) is 8.15. The Morgan fingerprint density at radius 2 is 1.24 bits per heavy atom. The lowest BCUT2D eigenvalue weighted by atomic mass is 10.0. The Balaban J connectivity index is 1.24. The lowest BCUT2D eigenvalue weighted by Crippen LogP contribution is -2.36. The van der Waals surface area contributed by atoms with Gasteiger partial charge in [-0.1, -0.05) is 6.42 Å². The molecule has 0 aromatic carbocycles. The first-order chi connectivity index (χ1) is 21.8. The van der Waals surface area contributed by atoms with Gasteiger partial charge in [0, 0.05) is 63.1 Å². The van der Waals surface area contributed by atoms with E-state index in [1.807, 2.05) is 25.9 Å². The van der Waals surface area contributed by atoms with Crippen molar-refractivity contribution in [2.24, 2.45) is 0 Å². The van der Waals surface area contributed by atoms with Gasteiger partial charge in [0.15, 0.2) is 0 Å². The van der Waals surface area contributed by atoms with Crippen molar-refractivity contribution in [1.29, 1.82) is 0 Å². The van der Waals surface area contributed by atoms with Gasteiger partial charge in [-0.25, -0.2) is 4.79 Å². The lowest BCUT2D eigenvalue weighted by molar-refractivity contribution is -0.123. The zero-order valence-electron chi connectivity index (χ0n) is 27.5. The number of nitrogens with one attached hydrogen (secondary N) is 5. The first kappa shape index (κ1) is 39.1. The fourth-order valence-corrected chi connectivity index (χ4v) is 6.62. The van der Waals surface area contributed by atoms with Crippen molar-refractivity contribution in [2.45, 2.75) is 88.0 Å². The van der Waals surface area contributed by atoms with E-state index in [2.05, 4.69) is 31.5 Å². The summed E-state index contributed by atoms with van der Waals surface area (Å²) in [4.78, 5) is 49.3. The SMILES string of the molecule is CN(C)CCCCNC(=O)CCCC(=O)NCCCOCCOCCOCCCNC(=O)CCCC[C@@H]1SC[C@@H]2NC(=O)NC21. The lowest BCUT2D eigenvalue weighted by Gasteiger charge is -2.16. The summed E-state index contributed by atoms with van der Waals surface area (Å²) in [7, 11) is 4.07. The summed E-state index contributed by atoms with van der Waals surface area (Å²) < 4.78 is 16.6. The van der Waals surface area contributed by atoms with Crippen LogP contribution >= 0.6 is 11.8 Å². The number of hydrogen-bond acceptors (Lipinski definition) is 9. The second-order valence-electron chi connectivity index (χ2n) is 11.8. The van der Waals surface area contributed by atoms with Crippen LogP contribution in [0.15, 0.2) is 0 Å². The summed E-state index contributed by atoms with van der Waals surface area (Å²) in [5, 5.41) is 15.1. The molecule has 0 aliphatic carbocycles. The third kappa shape index (κ3) is 19.9. The van der Waals surface area contributed by atoms with Gasteiger partial charge in [0.2, 0.25) is 17.7 Å². The molecule has 3 atom stereocenters. The molecule has 0 aromatic rings. The zero-order chi connectivity index (χ0) is 32.5. The predicted molar refractivity (Wildman–Crippen MR) is 176 cm³/mol. The van der Waals surface area contributed by atoms with E-state index in [1.54, 1.807) is 0 Å². The van der Waals surface area contributed by atoms with Crippen molar-refractivity contribution in [1.82, 2.24) is 31.5 Å². The third-order valence-electron chi connectivity index (χ3n) is 7.56. The summed E-state index contributed by atoms with van der Waals surface area (Å²) >= 11 is 1.91. The summed E-state index contributed by atoms with van der Waals surface area (Å²) in [5.74, 6) is 1.01. The molecule has 0 saturated carbocycles. The van der Waals surface area contributed by atoms with Crippen molar-refractivity contribution in [3.8, 4) is 0 Å². The van der Waals surface area contributed by atoms with E-state index in [1.165, 1.54) is 0 Å². The molecule has 0 aromatic heterocycles. The molecule has 45 heavy (non-hydrogen) atoms. The predicted octanol–water partition coefficient (Wildman–Crippen LogP) is 1.40. The number of carbonyl (C=O) groups is 4. The van der Waals surface area contributed by atoms with Crippen LogP contribution in [0.2, 0.25) is 0 Å². The van der Waals surface area contributed by atoms with Gasteiger partial charge in [-0.2, -0.15) is 11.8 Å². The monoisotopic (exact) mass is 658 g/mol. The second kappa shape index (κ2) is 25.0. The van der Waals surface area contributed by atoms with Gasteiger partial charge in [-0.05, 0) is 65.6 Å². The molecule has 5 N–H and O–H groups in total. The van der Waals surface area contributed by atoms with Gasteiger partial charge in [0.25, 0.3) is 0 Å². The van der Waals surface area contributed by atoms with Crippen molar-refractivity contribution >= 4 is 35.5 Å². The number of hydrogen-bond donors (Lipinski definition) is 5. The Bertz CT molecular complexity index is 853. The van der Waals surface area contributed by atoms with Crippen molar-refractivity contribution in [3.05, 3.63) is 0 Å². The largest absolute Gasteiger partial charge is 0.379 e. The number of carbonyl (C=O) groups excluding carboxylic acids is 4. The molecule has 2 fully saturated rings. The molecule has 2 rings (SSSR count). The van der Waals surface area contributed by atoms with Crippen LogP contribution in [0.25, 0.3) is 0 Å². The van der Waals surface area contributed by atoms with Crippen molar-refractivity contribution in [3.63, 3.8) is 0 Å². The van der Waals surface area contributed by atoms with E-state index in [0.29, 0.717) is 90.2 Å². The highest BCUT2D eigenvalue weighted by Crippen LogP contribution is 2.33. The normalized spacial score (nSPS) is 18.8. The van der Waals surface area contributed by atoms with Gasteiger partial charge < -0.3 is 45.7 Å². The smallest absolute Gasteiger partial charge is 0.315 e. The molecular formula is C31H58N6O7S. The Morgan fingerprint density at radius 1 is 0.711 bits per heavy atom. The molecule has 14 heteroatoms. The molecule has 0 spiro atoms. The van der Waals surface area contributed by atoms with Gasteiger partial charge in [0.05, 0.1) is 38.5 Å². The highest BCUT2D eigenvalue weighted by molar-refractivity contribution is 8.00. The van der Waals surface area contributed by atoms with Gasteiger partial charge in [-0.15, -0.1) is 0 Å². The first-order valence-electron chi connectivity index (χ1n) is 16.7. The van der Waals surface area contributed by atoms with Crippen LogP contribution in [-0.2, 0) is 28.6 Å². The molecule has 2 heterocycles. The molecule has 1 unspecified atom stereocenters. The maximum absolute atomic E-state index is 12.0. The van der Waals surface area contributed by atoms with Crippen molar-refractivity contribution in [2.75, 3.05) is 85.7 Å². The maximum atomic E-state index is 12.0. The van der Waals surface area contributed by atoms with Crippen LogP contribution < -0.4 is 26.6 Å². The number of amides is 5. The average Bonchev–Trinajstić information content (AvgIpc) is 3.56. The Hall–Kier alpha value is -2.13. The molecule has 2 aliphatic rings. The molecule has 5 amide bonds. The number of rotatable bonds is 28. The maximum Gasteiger partial charge on any atom is 0.315 e. The van der Waals surface area contributed by atoms with Crippen LogP contribution in [0.3, 0.4) is 0 Å². The number of ether oxygens (including phenoxy) is 3. The minimum absolute atomic E-state index is 0.00621. The summed E-state index contributed by atoms with van der Waals surface area (Å²) in [5.41, 5.74) is 0. The fourth-order valence-electron chi connectivity index (χ4n) is 5.08. The Morgan fingerprint density at radius 3 is 1.82 bits per heavy atom. The van der Waals surface area contributed by atoms with E-state index in [4.69, 9.17) is 14.2 Å². The molecular weight excluding hydrogens is 600 g/mol. The molecule has 0 radical (unpaired) electrons. The van der Waals surface area contributed by atoms with Crippen LogP contribution in [0.5, 0.6) is 0 Å². The second-order valence-corrected chi connectivity index (χ2v) is 13.1. The summed E-state index contributed by atoms with van der Waals surface area (Å²) in [6, 6.07) is 0.419. The average molecular weight is 659 g/mol. The number of nitrogens with zero attached hydrogens (tertiary/aromatic N) is 1. The van der Waals surface area contributed by atoms with E-state index < -0.39 is 0 Å². The van der Waals surface area contributed by atoms with Gasteiger partial charge in [0.1, 0.15) is 0 Å². The van der Waals surface area contributed by atoms with Gasteiger partial charge >= 0.3 is 6.03 Å². The minimum atomic E-state index is -0.0580. The van der Waals surface area contributed by atoms with E-state index in [0.717, 1.165) is 57.2 Å². The molecule has 13 nitrogen and oxygen atoms in total. The molecule has 2 aliphatic heterocycles. The number of unbranched alkanes of at least 4 members (excludes halogenated alkanes) is 2. The van der Waals surface area contributed by atoms with E-state index in [-0.39, 0.29) is 35.8 Å². The first-order valence-corrected chi connectivity index (χ1v) is 17.8. The van der Waals surface area contributed by atoms with Crippen molar-refractivity contribution < 1.29 is 33.4 Å². The number of thioether (sulfide) groups is 1. The molecule has 0 bridgehead atoms. The van der Waals surface area contributed by atoms with Crippen LogP contribution in [0.1, 0.15) is 70.6 Å². The zero-order valence-corrected chi connectivity index (χ0v) is 28.3. The Labute approximate surface area is 273 Å². The van der Waals surface area contributed by atoms with Crippen LogP contribution in [0.4, 0.5) is 4.79 Å². The topological polar surface area (TPSA) is 159 Å². The highest BCUT2D eigenvalue weighted by Gasteiger charge is 2.42. The van der Waals surface area contributed by atoms with Crippen LogP contribution in [0, 0.1) is 0 Å². The van der Waals surface area contributed by atoms with Crippen LogP contribution in [-0.4, -0.2) is 132 Å². The standard InChI is InChI=1S/C31H58N6O7S/c1-37(2)17-6-5-14-32-28(39)12-7-13-29(40)34-16-9-19-43-21-23-44-22-20-42-18-8-15-33-27(38)11-4-3-10-26-30-25(24-45-26)35-31(41)36-30/h25-26,30H,3-24H2,1-2H3,(H,32,39)(H,33,38)(H,34,40)(H2,35,36,41)/t25-,26-,30?/m0/s1. The minimum Gasteiger partial charge on any atom is -0.379 e. The quantitative estimate of drug-likeness (QED) is 0.0619. The molecule has 2 saturated heterocycles. The third-order valence-corrected chi connectivity index (χ3v) is 9.07. The molecule has 260 valence electrons. The van der Waals surface area contributed by atoms with E-state index >= 15 is 0 Å². The van der Waals surface area contributed by atoms with E-state index in [9.17, 15) is 19.2 Å². The Kier molecular flexibility index (Phi) is 21.7. The number of fused-ring (bicyclic) bond motifs is 1. The number of urea groups is 1. The van der Waals surface area contributed by atoms with Gasteiger partial charge in [-0.3, -0.25) is 14.4 Å².